The highest BCUT2D eigenvalue weighted by molar-refractivity contribution is 5.97. The second-order valence-corrected chi connectivity index (χ2v) is 7.82. The van der Waals surface area contributed by atoms with Crippen molar-refractivity contribution in [2.24, 2.45) is 5.92 Å². The van der Waals surface area contributed by atoms with Crippen LogP contribution in [0.2, 0.25) is 0 Å². The molecule has 31 heavy (non-hydrogen) atoms. The van der Waals surface area contributed by atoms with Crippen molar-refractivity contribution >= 4 is 28.4 Å². The third-order valence-corrected chi connectivity index (χ3v) is 5.34. The third kappa shape index (κ3) is 3.92. The van der Waals surface area contributed by atoms with Crippen LogP contribution in [0, 0.1) is 5.92 Å². The van der Waals surface area contributed by atoms with Crippen molar-refractivity contribution in [1.82, 2.24) is 24.7 Å². The minimum atomic E-state index is -3.11. The van der Waals surface area contributed by atoms with Crippen LogP contribution in [-0.2, 0) is 15.5 Å². The summed E-state index contributed by atoms with van der Waals surface area (Å²) < 4.78 is 34.5. The van der Waals surface area contributed by atoms with Crippen LogP contribution in [0.3, 0.4) is 0 Å². The molecule has 1 saturated heterocycles. The molecule has 0 aromatic carbocycles. The van der Waals surface area contributed by atoms with E-state index in [2.05, 4.69) is 25.4 Å². The van der Waals surface area contributed by atoms with Crippen LogP contribution < -0.4 is 10.2 Å². The molecule has 162 valence electrons. The van der Waals surface area contributed by atoms with Gasteiger partial charge in [0.15, 0.2) is 5.82 Å². The van der Waals surface area contributed by atoms with Crippen molar-refractivity contribution in [2.45, 2.75) is 25.7 Å². The first-order valence-corrected chi connectivity index (χ1v) is 10.1. The molecule has 0 spiro atoms. The highest BCUT2D eigenvalue weighted by atomic mass is 19.3. The Morgan fingerprint density at radius 1 is 1.26 bits per heavy atom. The zero-order chi connectivity index (χ0) is 21.6. The number of carbonyl (C=O) groups excluding carboxylic acids is 1. The van der Waals surface area contributed by atoms with Crippen molar-refractivity contribution in [3.63, 3.8) is 0 Å². The number of anilines is 2. The summed E-state index contributed by atoms with van der Waals surface area (Å²) in [4.78, 5) is 26.8. The van der Waals surface area contributed by atoms with Crippen LogP contribution in [0.15, 0.2) is 24.5 Å². The number of ether oxygens (including phenoxy) is 1. The van der Waals surface area contributed by atoms with Gasteiger partial charge >= 0.3 is 0 Å². The first-order valence-electron chi connectivity index (χ1n) is 10.1. The zero-order valence-electron chi connectivity index (χ0n) is 16.9. The van der Waals surface area contributed by atoms with Crippen LogP contribution in [0.5, 0.6) is 0 Å². The number of fused-ring (bicyclic) bond motifs is 1. The maximum absolute atomic E-state index is 13.8. The summed E-state index contributed by atoms with van der Waals surface area (Å²) in [6.07, 6.45) is 4.66. The number of carbonyl (C=O) groups is 1. The molecule has 1 saturated carbocycles. The molecule has 3 aromatic rings. The van der Waals surface area contributed by atoms with E-state index in [1.54, 1.807) is 12.3 Å². The summed E-state index contributed by atoms with van der Waals surface area (Å²) in [6.45, 7) is 3.19. The lowest BCUT2D eigenvalue weighted by atomic mass is 10.2. The van der Waals surface area contributed by atoms with Crippen LogP contribution in [-0.4, -0.2) is 56.9 Å². The van der Waals surface area contributed by atoms with E-state index in [0.29, 0.717) is 48.8 Å². The van der Waals surface area contributed by atoms with Crippen molar-refractivity contribution in [3.8, 4) is 5.95 Å². The summed E-state index contributed by atoms with van der Waals surface area (Å²) in [5.41, 5.74) is 0.171. The van der Waals surface area contributed by atoms with Gasteiger partial charge in [0, 0.05) is 44.4 Å². The predicted molar refractivity (Wildman–Crippen MR) is 108 cm³/mol. The second-order valence-electron chi connectivity index (χ2n) is 7.82. The van der Waals surface area contributed by atoms with Gasteiger partial charge in [-0.25, -0.2) is 15.0 Å². The monoisotopic (exact) mass is 429 g/mol. The predicted octanol–water partition coefficient (Wildman–Crippen LogP) is 2.51. The molecule has 1 aliphatic carbocycles. The number of hydrogen-bond acceptors (Lipinski definition) is 7. The van der Waals surface area contributed by atoms with E-state index in [1.807, 2.05) is 4.90 Å². The standard InChI is InChI=1S/C20H21F2N7O2/c1-20(21,22)15-4-5-23-19(25-15)29-14-10-16(26-18(30)12-2-3-12)24-11-13(14)17(27-29)28-6-8-31-9-7-28/h4-5,10-12H,2-3,6-9H2,1H3,(H,24,26,30). The Morgan fingerprint density at radius 3 is 2.74 bits per heavy atom. The average Bonchev–Trinajstić information content (AvgIpc) is 3.55. The highest BCUT2D eigenvalue weighted by Gasteiger charge is 2.30. The van der Waals surface area contributed by atoms with Gasteiger partial charge < -0.3 is 15.0 Å². The van der Waals surface area contributed by atoms with Gasteiger partial charge in [-0.1, -0.05) is 0 Å². The minimum absolute atomic E-state index is 0.0224. The Hall–Kier alpha value is -3.21. The van der Waals surface area contributed by atoms with Crippen LogP contribution in [0.4, 0.5) is 20.4 Å². The first-order chi connectivity index (χ1) is 14.9. The fourth-order valence-corrected chi connectivity index (χ4v) is 3.49. The third-order valence-electron chi connectivity index (χ3n) is 5.34. The Labute approximate surface area is 176 Å². The lowest BCUT2D eigenvalue weighted by molar-refractivity contribution is -0.117. The maximum atomic E-state index is 13.8. The number of amides is 1. The van der Waals surface area contributed by atoms with Crippen molar-refractivity contribution in [3.05, 3.63) is 30.2 Å². The summed E-state index contributed by atoms with van der Waals surface area (Å²) in [5.74, 6) is -2.12. The number of pyridine rings is 1. The zero-order valence-corrected chi connectivity index (χ0v) is 16.9. The quantitative estimate of drug-likeness (QED) is 0.665. The first kappa shape index (κ1) is 19.7. The molecular formula is C20H21F2N7O2. The second kappa shape index (κ2) is 7.49. The van der Waals surface area contributed by atoms with Crippen molar-refractivity contribution in [1.29, 1.82) is 0 Å². The van der Waals surface area contributed by atoms with E-state index >= 15 is 0 Å². The van der Waals surface area contributed by atoms with E-state index in [0.717, 1.165) is 19.8 Å². The number of nitrogens with one attached hydrogen (secondary N) is 1. The van der Waals surface area contributed by atoms with Crippen molar-refractivity contribution < 1.29 is 18.3 Å². The lowest BCUT2D eigenvalue weighted by Crippen LogP contribution is -2.36. The summed E-state index contributed by atoms with van der Waals surface area (Å²) in [5, 5.41) is 8.16. The summed E-state index contributed by atoms with van der Waals surface area (Å²) in [7, 11) is 0. The number of alkyl halides is 2. The molecule has 0 unspecified atom stereocenters. The Bertz CT molecular complexity index is 1130. The Kier molecular flexibility index (Phi) is 4.77. The van der Waals surface area contributed by atoms with Gasteiger partial charge in [0.05, 0.1) is 24.1 Å². The van der Waals surface area contributed by atoms with E-state index in [4.69, 9.17) is 4.74 Å². The largest absolute Gasteiger partial charge is 0.378 e. The number of halogens is 2. The topological polar surface area (TPSA) is 98.1 Å². The number of aromatic nitrogens is 5. The normalized spacial score (nSPS) is 17.2. The molecule has 4 heterocycles. The molecule has 5 rings (SSSR count). The van der Waals surface area contributed by atoms with Gasteiger partial charge in [-0.3, -0.25) is 4.79 Å². The maximum Gasteiger partial charge on any atom is 0.287 e. The van der Waals surface area contributed by atoms with Gasteiger partial charge in [-0.15, -0.1) is 5.10 Å². The van der Waals surface area contributed by atoms with Gasteiger partial charge in [0.25, 0.3) is 11.9 Å². The Morgan fingerprint density at radius 2 is 2.03 bits per heavy atom. The fraction of sp³-hybridized carbons (Fsp3) is 0.450. The molecule has 1 amide bonds. The van der Waals surface area contributed by atoms with E-state index in [1.165, 1.54) is 16.9 Å². The highest BCUT2D eigenvalue weighted by Crippen LogP contribution is 2.32. The van der Waals surface area contributed by atoms with Crippen LogP contribution in [0.1, 0.15) is 25.5 Å². The molecule has 11 heteroatoms. The van der Waals surface area contributed by atoms with Gasteiger partial charge in [0.1, 0.15) is 11.5 Å². The van der Waals surface area contributed by atoms with Crippen LogP contribution in [0.25, 0.3) is 16.9 Å². The molecule has 0 radical (unpaired) electrons. The molecule has 1 N–H and O–H groups in total. The van der Waals surface area contributed by atoms with Crippen LogP contribution >= 0.6 is 0 Å². The average molecular weight is 429 g/mol. The van der Waals surface area contributed by atoms with Gasteiger partial charge in [0.2, 0.25) is 5.91 Å². The molecule has 3 aromatic heterocycles. The minimum Gasteiger partial charge on any atom is -0.378 e. The number of nitrogens with zero attached hydrogens (tertiary/aromatic N) is 6. The van der Waals surface area contributed by atoms with Crippen molar-refractivity contribution in [2.75, 3.05) is 36.5 Å². The number of morpholine rings is 1. The van der Waals surface area contributed by atoms with Gasteiger partial charge in [-0.05, 0) is 18.9 Å². The summed E-state index contributed by atoms with van der Waals surface area (Å²) in [6, 6.07) is 2.85. The molecule has 0 bridgehead atoms. The molecule has 0 atom stereocenters. The molecule has 1 aliphatic heterocycles. The van der Waals surface area contributed by atoms with Gasteiger partial charge in [-0.2, -0.15) is 13.5 Å². The van der Waals surface area contributed by atoms with E-state index in [-0.39, 0.29) is 17.8 Å². The smallest absolute Gasteiger partial charge is 0.287 e. The summed E-state index contributed by atoms with van der Waals surface area (Å²) >= 11 is 0. The molecular weight excluding hydrogens is 408 g/mol. The lowest BCUT2D eigenvalue weighted by Gasteiger charge is -2.26. The number of rotatable bonds is 5. The Balaban J connectivity index is 1.61. The fourth-order valence-electron chi connectivity index (χ4n) is 3.49. The van der Waals surface area contributed by atoms with E-state index < -0.39 is 11.6 Å². The van der Waals surface area contributed by atoms with E-state index in [9.17, 15) is 13.6 Å². The number of hydrogen-bond donors (Lipinski definition) is 1. The molecule has 9 nitrogen and oxygen atoms in total. The SMILES string of the molecule is CC(F)(F)c1ccnc(-n2nc(N3CCOCC3)c3cnc(NC(=O)C4CC4)cc32)n1. The molecule has 2 aliphatic rings. The molecule has 2 fully saturated rings.